The number of amides is 2. The van der Waals surface area contributed by atoms with Crippen LogP contribution in [0.25, 0.3) is 0 Å². The van der Waals surface area contributed by atoms with Crippen LogP contribution < -0.4 is 0 Å². The standard InChI is InChI=1S/C14H24N2O3/c1-2-11-7-6-10-15(11)14(19)16-9-5-3-4-8-12(16)13(17)18/h11-12H,2-10H2,1H3,(H,17,18). The highest BCUT2D eigenvalue weighted by molar-refractivity contribution is 5.83. The number of rotatable bonds is 2. The van der Waals surface area contributed by atoms with Gasteiger partial charge in [-0.25, -0.2) is 9.59 Å². The molecule has 5 heteroatoms. The van der Waals surface area contributed by atoms with E-state index in [1.54, 1.807) is 4.90 Å². The number of hydrogen-bond donors (Lipinski definition) is 1. The fourth-order valence-electron chi connectivity index (χ4n) is 3.27. The largest absolute Gasteiger partial charge is 0.480 e. The lowest BCUT2D eigenvalue weighted by atomic mass is 10.1. The molecule has 2 fully saturated rings. The summed E-state index contributed by atoms with van der Waals surface area (Å²) in [5.41, 5.74) is 0. The molecule has 2 aliphatic rings. The summed E-state index contributed by atoms with van der Waals surface area (Å²) in [5, 5.41) is 9.34. The van der Waals surface area contributed by atoms with Crippen LogP contribution in [0.2, 0.25) is 0 Å². The quantitative estimate of drug-likeness (QED) is 0.836. The van der Waals surface area contributed by atoms with Crippen molar-refractivity contribution in [2.45, 2.75) is 64.0 Å². The van der Waals surface area contributed by atoms with Gasteiger partial charge in [-0.05, 0) is 32.1 Å². The predicted molar refractivity (Wildman–Crippen MR) is 72.0 cm³/mol. The molecule has 2 aliphatic heterocycles. The second-order valence-electron chi connectivity index (χ2n) is 5.58. The molecule has 0 aromatic heterocycles. The monoisotopic (exact) mass is 268 g/mol. The lowest BCUT2D eigenvalue weighted by Crippen LogP contribution is -2.52. The van der Waals surface area contributed by atoms with Gasteiger partial charge in [0.1, 0.15) is 6.04 Å². The van der Waals surface area contributed by atoms with Gasteiger partial charge in [-0.15, -0.1) is 0 Å². The third-order valence-electron chi connectivity index (χ3n) is 4.38. The highest BCUT2D eigenvalue weighted by Crippen LogP contribution is 2.25. The van der Waals surface area contributed by atoms with Gasteiger partial charge in [0.15, 0.2) is 0 Å². The van der Waals surface area contributed by atoms with Crippen molar-refractivity contribution in [2.75, 3.05) is 13.1 Å². The Labute approximate surface area is 114 Å². The normalized spacial score (nSPS) is 28.3. The van der Waals surface area contributed by atoms with Crippen LogP contribution in [-0.4, -0.2) is 52.1 Å². The zero-order chi connectivity index (χ0) is 13.8. The van der Waals surface area contributed by atoms with Gasteiger partial charge in [-0.2, -0.15) is 0 Å². The van der Waals surface area contributed by atoms with Crippen LogP contribution in [0.3, 0.4) is 0 Å². The summed E-state index contributed by atoms with van der Waals surface area (Å²) in [7, 11) is 0. The molecule has 108 valence electrons. The van der Waals surface area contributed by atoms with Gasteiger partial charge in [-0.3, -0.25) is 0 Å². The summed E-state index contributed by atoms with van der Waals surface area (Å²) >= 11 is 0. The van der Waals surface area contributed by atoms with Gasteiger partial charge in [-0.1, -0.05) is 19.8 Å². The Morgan fingerprint density at radius 2 is 1.79 bits per heavy atom. The number of urea groups is 1. The average Bonchev–Trinajstić information content (AvgIpc) is 2.73. The Hall–Kier alpha value is -1.26. The third kappa shape index (κ3) is 3.01. The molecule has 0 saturated carbocycles. The van der Waals surface area contributed by atoms with Gasteiger partial charge in [0.25, 0.3) is 0 Å². The number of carbonyl (C=O) groups excluding carboxylic acids is 1. The van der Waals surface area contributed by atoms with E-state index in [1.807, 2.05) is 4.90 Å². The Kier molecular flexibility index (Phi) is 4.66. The van der Waals surface area contributed by atoms with Crippen molar-refractivity contribution in [1.29, 1.82) is 0 Å². The number of carboxylic acid groups (broad SMARTS) is 1. The molecular formula is C14H24N2O3. The van der Waals surface area contributed by atoms with Crippen LogP contribution in [-0.2, 0) is 4.79 Å². The van der Waals surface area contributed by atoms with E-state index in [4.69, 9.17) is 0 Å². The molecule has 0 spiro atoms. The van der Waals surface area contributed by atoms with Crippen LogP contribution in [0, 0.1) is 0 Å². The lowest BCUT2D eigenvalue weighted by molar-refractivity contribution is -0.142. The van der Waals surface area contributed by atoms with E-state index in [1.165, 1.54) is 0 Å². The number of carboxylic acids is 1. The molecule has 5 nitrogen and oxygen atoms in total. The zero-order valence-electron chi connectivity index (χ0n) is 11.7. The van der Waals surface area contributed by atoms with Crippen LogP contribution in [0.15, 0.2) is 0 Å². The maximum Gasteiger partial charge on any atom is 0.326 e. The second kappa shape index (κ2) is 6.26. The smallest absolute Gasteiger partial charge is 0.326 e. The lowest BCUT2D eigenvalue weighted by Gasteiger charge is -2.34. The summed E-state index contributed by atoms with van der Waals surface area (Å²) in [6.07, 6.45) is 6.47. The number of hydrogen-bond acceptors (Lipinski definition) is 2. The molecule has 19 heavy (non-hydrogen) atoms. The number of aliphatic carboxylic acids is 1. The van der Waals surface area contributed by atoms with Crippen LogP contribution in [0.5, 0.6) is 0 Å². The minimum absolute atomic E-state index is 0.0568. The van der Waals surface area contributed by atoms with Crippen LogP contribution in [0.4, 0.5) is 4.79 Å². The van der Waals surface area contributed by atoms with E-state index in [0.717, 1.165) is 45.1 Å². The molecule has 0 radical (unpaired) electrons. The van der Waals surface area contributed by atoms with Gasteiger partial charge in [0.2, 0.25) is 0 Å². The molecule has 2 rings (SSSR count). The molecule has 0 aromatic rings. The Morgan fingerprint density at radius 3 is 2.47 bits per heavy atom. The van der Waals surface area contributed by atoms with E-state index >= 15 is 0 Å². The highest BCUT2D eigenvalue weighted by atomic mass is 16.4. The minimum Gasteiger partial charge on any atom is -0.480 e. The number of nitrogens with zero attached hydrogens (tertiary/aromatic N) is 2. The fraction of sp³-hybridized carbons (Fsp3) is 0.857. The molecule has 0 bridgehead atoms. The van der Waals surface area contributed by atoms with E-state index in [2.05, 4.69) is 6.92 Å². The fourth-order valence-corrected chi connectivity index (χ4v) is 3.27. The third-order valence-corrected chi connectivity index (χ3v) is 4.38. The Morgan fingerprint density at radius 1 is 1.05 bits per heavy atom. The number of carbonyl (C=O) groups is 2. The SMILES string of the molecule is CCC1CCCN1C(=O)N1CCCCCC1C(=O)O. The molecular weight excluding hydrogens is 244 g/mol. The summed E-state index contributed by atoms with van der Waals surface area (Å²) in [6, 6.07) is -0.392. The van der Waals surface area contributed by atoms with Gasteiger partial charge in [0.05, 0.1) is 0 Å². The van der Waals surface area contributed by atoms with Gasteiger partial charge >= 0.3 is 12.0 Å². The first-order valence-electron chi connectivity index (χ1n) is 7.45. The van der Waals surface area contributed by atoms with Crippen LogP contribution >= 0.6 is 0 Å². The minimum atomic E-state index is -0.859. The Bertz CT molecular complexity index is 346. The van der Waals surface area contributed by atoms with E-state index in [9.17, 15) is 14.7 Å². The molecule has 1 N–H and O–H groups in total. The highest BCUT2D eigenvalue weighted by Gasteiger charge is 2.36. The van der Waals surface area contributed by atoms with Crippen molar-refractivity contribution < 1.29 is 14.7 Å². The van der Waals surface area contributed by atoms with Gasteiger partial charge < -0.3 is 14.9 Å². The van der Waals surface area contributed by atoms with Crippen molar-refractivity contribution in [3.05, 3.63) is 0 Å². The first-order chi connectivity index (χ1) is 9.15. The first kappa shape index (κ1) is 14.2. The molecule has 2 saturated heterocycles. The van der Waals surface area contributed by atoms with Gasteiger partial charge in [0, 0.05) is 19.1 Å². The maximum atomic E-state index is 12.6. The van der Waals surface area contributed by atoms with Crippen molar-refractivity contribution in [2.24, 2.45) is 0 Å². The van der Waals surface area contributed by atoms with Crippen molar-refractivity contribution in [3.8, 4) is 0 Å². The number of likely N-dealkylation sites (tertiary alicyclic amines) is 2. The van der Waals surface area contributed by atoms with Crippen molar-refractivity contribution in [3.63, 3.8) is 0 Å². The summed E-state index contributed by atoms with van der Waals surface area (Å²) in [6.45, 7) is 3.45. The maximum absolute atomic E-state index is 12.6. The average molecular weight is 268 g/mol. The van der Waals surface area contributed by atoms with Crippen LogP contribution in [0.1, 0.15) is 51.9 Å². The van der Waals surface area contributed by atoms with Crippen molar-refractivity contribution >= 4 is 12.0 Å². The summed E-state index contributed by atoms with van der Waals surface area (Å²) in [4.78, 5) is 27.5. The van der Waals surface area contributed by atoms with E-state index < -0.39 is 12.0 Å². The molecule has 2 atom stereocenters. The molecule has 0 aromatic carbocycles. The van der Waals surface area contributed by atoms with E-state index in [-0.39, 0.29) is 6.03 Å². The topological polar surface area (TPSA) is 60.9 Å². The molecule has 2 unspecified atom stereocenters. The van der Waals surface area contributed by atoms with Crippen molar-refractivity contribution in [1.82, 2.24) is 9.80 Å². The molecule has 2 amide bonds. The van der Waals surface area contributed by atoms with E-state index in [0.29, 0.717) is 19.0 Å². The first-order valence-corrected chi connectivity index (χ1v) is 7.45. The molecule has 0 aliphatic carbocycles. The second-order valence-corrected chi connectivity index (χ2v) is 5.58. The Balaban J connectivity index is 2.12. The summed E-state index contributed by atoms with van der Waals surface area (Å²) in [5.74, 6) is -0.859. The summed E-state index contributed by atoms with van der Waals surface area (Å²) < 4.78 is 0. The molecule has 2 heterocycles. The predicted octanol–water partition coefficient (Wildman–Crippen LogP) is 2.31. The zero-order valence-corrected chi connectivity index (χ0v) is 11.7.